The summed E-state index contributed by atoms with van der Waals surface area (Å²) < 4.78 is 10.1. The van der Waals surface area contributed by atoms with E-state index in [0.29, 0.717) is 0 Å². The minimum Gasteiger partial charge on any atom is -0.463 e. The van der Waals surface area contributed by atoms with E-state index in [1.165, 1.54) is 19.2 Å². The van der Waals surface area contributed by atoms with Crippen LogP contribution in [0.1, 0.15) is 47.2 Å². The fraction of sp³-hybridized carbons (Fsp3) is 0.600. The van der Waals surface area contributed by atoms with Gasteiger partial charge in [0.25, 0.3) is 5.91 Å². The first-order valence-electron chi connectivity index (χ1n) is 10.5. The van der Waals surface area contributed by atoms with E-state index in [1.807, 2.05) is 0 Å². The van der Waals surface area contributed by atoms with Crippen molar-refractivity contribution < 1.29 is 33.5 Å². The molecule has 3 amide bonds. The van der Waals surface area contributed by atoms with Crippen LogP contribution in [0.2, 0.25) is 0 Å². The second-order valence-corrected chi connectivity index (χ2v) is 9.59. The Morgan fingerprint density at radius 1 is 1.26 bits per heavy atom. The molecule has 1 aliphatic rings. The van der Waals surface area contributed by atoms with Crippen LogP contribution in [0.4, 0.5) is 9.93 Å². The van der Waals surface area contributed by atoms with E-state index in [4.69, 9.17) is 20.0 Å². The maximum atomic E-state index is 13.0. The van der Waals surface area contributed by atoms with Crippen molar-refractivity contribution >= 4 is 46.1 Å². The highest BCUT2D eigenvalue weighted by atomic mass is 32.1. The summed E-state index contributed by atoms with van der Waals surface area (Å²) in [6.07, 6.45) is -0.729. The van der Waals surface area contributed by atoms with Crippen molar-refractivity contribution in [3.63, 3.8) is 0 Å². The molecule has 0 unspecified atom stereocenters. The number of aromatic nitrogens is 1. The number of β-lactam (4-membered cyclic amide) rings is 1. The Kier molecular flexibility index (Phi) is 8.56. The molecule has 1 aromatic heterocycles. The van der Waals surface area contributed by atoms with Gasteiger partial charge in [-0.25, -0.2) is 14.6 Å². The molecule has 2 rings (SSSR count). The van der Waals surface area contributed by atoms with Crippen LogP contribution in [0.3, 0.4) is 0 Å². The SMILES string of the molecule is CCOC(=O)C(C)(C)O/N=C(\C(=O)N[C@@H]1C(=O)N[C@@H]1CN)c1csc(NC(=O)OC(C)(C)C)n1. The van der Waals surface area contributed by atoms with Crippen LogP contribution in [0.15, 0.2) is 10.5 Å². The van der Waals surface area contributed by atoms with Crippen LogP contribution >= 0.6 is 11.3 Å². The number of thiazole rings is 1. The number of rotatable bonds is 9. The van der Waals surface area contributed by atoms with Crippen LogP contribution in [0.25, 0.3) is 0 Å². The van der Waals surface area contributed by atoms with E-state index in [1.54, 1.807) is 27.7 Å². The average molecular weight is 499 g/mol. The predicted octanol–water partition coefficient (Wildman–Crippen LogP) is 0.494. The van der Waals surface area contributed by atoms with Crippen molar-refractivity contribution in [1.82, 2.24) is 15.6 Å². The average Bonchev–Trinajstić information content (AvgIpc) is 3.16. The number of amides is 3. The molecule has 13 nitrogen and oxygen atoms in total. The number of esters is 1. The minimum absolute atomic E-state index is 0.0391. The first-order valence-corrected chi connectivity index (χ1v) is 11.4. The van der Waals surface area contributed by atoms with Gasteiger partial charge in [0.05, 0.1) is 12.6 Å². The van der Waals surface area contributed by atoms with E-state index < -0.39 is 47.2 Å². The number of hydrogen-bond donors (Lipinski definition) is 4. The summed E-state index contributed by atoms with van der Waals surface area (Å²) in [5.74, 6) is -1.88. The van der Waals surface area contributed by atoms with E-state index in [0.717, 1.165) is 11.3 Å². The van der Waals surface area contributed by atoms with Crippen molar-refractivity contribution in [3.8, 4) is 0 Å². The van der Waals surface area contributed by atoms with Crippen LogP contribution in [-0.2, 0) is 28.7 Å². The van der Waals surface area contributed by atoms with Gasteiger partial charge in [0.15, 0.2) is 10.8 Å². The Bertz CT molecular complexity index is 969. The van der Waals surface area contributed by atoms with Crippen LogP contribution in [0, 0.1) is 0 Å². The monoisotopic (exact) mass is 498 g/mol. The number of ether oxygens (including phenoxy) is 2. The van der Waals surface area contributed by atoms with E-state index in [2.05, 4.69) is 26.1 Å². The molecular formula is C20H30N6O7S. The number of nitrogens with two attached hydrogens (primary N) is 1. The summed E-state index contributed by atoms with van der Waals surface area (Å²) in [6, 6.07) is -1.30. The fourth-order valence-corrected chi connectivity index (χ4v) is 3.23. The van der Waals surface area contributed by atoms with Crippen LogP contribution in [-0.4, -0.2) is 71.0 Å². The fourth-order valence-electron chi connectivity index (χ4n) is 2.55. The molecule has 0 radical (unpaired) electrons. The zero-order valence-corrected chi connectivity index (χ0v) is 20.7. The lowest BCUT2D eigenvalue weighted by molar-refractivity contribution is -0.167. The highest BCUT2D eigenvalue weighted by Gasteiger charge is 2.40. The summed E-state index contributed by atoms with van der Waals surface area (Å²) in [6.45, 7) is 9.87. The van der Waals surface area contributed by atoms with Gasteiger partial charge in [-0.2, -0.15) is 0 Å². The minimum atomic E-state index is -1.51. The molecule has 0 aliphatic carbocycles. The van der Waals surface area contributed by atoms with Gasteiger partial charge in [0.1, 0.15) is 17.3 Å². The molecule has 34 heavy (non-hydrogen) atoms. The van der Waals surface area contributed by atoms with E-state index in [-0.39, 0.29) is 29.7 Å². The maximum absolute atomic E-state index is 13.0. The second-order valence-electron chi connectivity index (χ2n) is 8.73. The lowest BCUT2D eigenvalue weighted by Gasteiger charge is -2.36. The molecule has 2 heterocycles. The third kappa shape index (κ3) is 7.12. The molecular weight excluding hydrogens is 468 g/mol. The van der Waals surface area contributed by atoms with Gasteiger partial charge in [-0.15, -0.1) is 11.3 Å². The highest BCUT2D eigenvalue weighted by Crippen LogP contribution is 2.20. The summed E-state index contributed by atoms with van der Waals surface area (Å²) in [7, 11) is 0. The number of nitrogens with zero attached hydrogens (tertiary/aromatic N) is 2. The molecule has 1 aromatic rings. The van der Waals surface area contributed by atoms with Gasteiger partial charge in [-0.3, -0.25) is 14.9 Å². The van der Waals surface area contributed by atoms with Crippen molar-refractivity contribution in [2.45, 2.75) is 64.8 Å². The molecule has 0 aromatic carbocycles. The molecule has 0 saturated carbocycles. The molecule has 14 heteroatoms. The van der Waals surface area contributed by atoms with Gasteiger partial charge < -0.3 is 30.7 Å². The number of anilines is 1. The number of hydrogen-bond acceptors (Lipinski definition) is 11. The van der Waals surface area contributed by atoms with E-state index >= 15 is 0 Å². The Labute approximate surface area is 200 Å². The van der Waals surface area contributed by atoms with Crippen molar-refractivity contribution in [2.75, 3.05) is 18.5 Å². The first kappa shape index (κ1) is 27.0. The molecule has 1 saturated heterocycles. The van der Waals surface area contributed by atoms with Gasteiger partial charge in [0, 0.05) is 11.9 Å². The predicted molar refractivity (Wildman–Crippen MR) is 123 cm³/mol. The summed E-state index contributed by atoms with van der Waals surface area (Å²) in [5.41, 5.74) is 3.08. The Hall–Kier alpha value is -3.26. The molecule has 1 fully saturated rings. The van der Waals surface area contributed by atoms with Gasteiger partial charge in [-0.1, -0.05) is 5.16 Å². The third-order valence-electron chi connectivity index (χ3n) is 4.25. The van der Waals surface area contributed by atoms with Gasteiger partial charge in [-0.05, 0) is 41.5 Å². The standard InChI is InChI=1S/C20H30N6O7S/c1-7-31-16(29)20(5,6)33-26-13(15(28)24-12-10(8-21)22-14(12)27)11-9-34-17(23-11)25-18(30)32-19(2,3)4/h9-10,12H,7-8,21H2,1-6H3,(H,22,27)(H,24,28)(H,23,25,30)/b26-13-/t10-,12+/m1/s1. The lowest BCUT2D eigenvalue weighted by Crippen LogP contribution is -2.71. The Balaban J connectivity index is 2.27. The summed E-state index contributed by atoms with van der Waals surface area (Å²) >= 11 is 1.01. The summed E-state index contributed by atoms with van der Waals surface area (Å²) in [4.78, 5) is 58.5. The Morgan fingerprint density at radius 2 is 1.94 bits per heavy atom. The summed E-state index contributed by atoms with van der Waals surface area (Å²) in [5, 5.41) is 13.0. The van der Waals surface area contributed by atoms with Crippen molar-refractivity contribution in [3.05, 3.63) is 11.1 Å². The van der Waals surface area contributed by atoms with Crippen molar-refractivity contribution in [2.24, 2.45) is 10.9 Å². The second kappa shape index (κ2) is 10.8. The smallest absolute Gasteiger partial charge is 0.413 e. The first-order chi connectivity index (χ1) is 15.8. The number of carbonyl (C=O) groups excluding carboxylic acids is 4. The maximum Gasteiger partial charge on any atom is 0.413 e. The van der Waals surface area contributed by atoms with Crippen LogP contribution < -0.4 is 21.7 Å². The largest absolute Gasteiger partial charge is 0.463 e. The van der Waals surface area contributed by atoms with Crippen LogP contribution in [0.5, 0.6) is 0 Å². The zero-order valence-electron chi connectivity index (χ0n) is 19.9. The topological polar surface area (TPSA) is 183 Å². The molecule has 0 spiro atoms. The normalized spacial score (nSPS) is 18.3. The zero-order chi connectivity index (χ0) is 25.7. The molecule has 5 N–H and O–H groups in total. The number of carbonyl (C=O) groups is 4. The van der Waals surface area contributed by atoms with Gasteiger partial charge in [0.2, 0.25) is 11.5 Å². The van der Waals surface area contributed by atoms with E-state index in [9.17, 15) is 19.2 Å². The Morgan fingerprint density at radius 3 is 2.50 bits per heavy atom. The molecule has 188 valence electrons. The van der Waals surface area contributed by atoms with Gasteiger partial charge >= 0.3 is 12.1 Å². The molecule has 0 bridgehead atoms. The number of nitrogens with one attached hydrogen (secondary N) is 3. The molecule has 1 aliphatic heterocycles. The highest BCUT2D eigenvalue weighted by molar-refractivity contribution is 7.14. The quantitative estimate of drug-likeness (QED) is 0.163. The van der Waals surface area contributed by atoms with Crippen molar-refractivity contribution in [1.29, 1.82) is 0 Å². The number of oxime groups is 1. The lowest BCUT2D eigenvalue weighted by atomic mass is 9.99. The third-order valence-corrected chi connectivity index (χ3v) is 5.01. The molecule has 2 atom stereocenters.